The van der Waals surface area contributed by atoms with Crippen LogP contribution in [0.3, 0.4) is 0 Å². The van der Waals surface area contributed by atoms with Crippen molar-refractivity contribution in [1.29, 1.82) is 0 Å². The zero-order chi connectivity index (χ0) is 15.1. The minimum absolute atomic E-state index is 0.126. The van der Waals surface area contributed by atoms with Crippen LogP contribution in [0.2, 0.25) is 0 Å². The fourth-order valence-corrected chi connectivity index (χ4v) is 1.52. The zero-order valence-corrected chi connectivity index (χ0v) is 11.2. The maximum absolute atomic E-state index is 13.3. The third-order valence-corrected chi connectivity index (χ3v) is 2.38. The standard InChI is InChI=1S/C13H16F4O3/c1-3-18-10(19-4-2)5-6-20-13-11(16)8(14)7-9(15)12(13)17/h7,10H,3-6H2,1-2H3. The molecular weight excluding hydrogens is 280 g/mol. The van der Waals surface area contributed by atoms with Gasteiger partial charge >= 0.3 is 0 Å². The van der Waals surface area contributed by atoms with Crippen LogP contribution in [-0.4, -0.2) is 26.1 Å². The molecule has 0 N–H and O–H groups in total. The lowest BCUT2D eigenvalue weighted by atomic mass is 10.3. The predicted octanol–water partition coefficient (Wildman–Crippen LogP) is 3.41. The maximum atomic E-state index is 13.3. The van der Waals surface area contributed by atoms with Crippen molar-refractivity contribution in [3.8, 4) is 5.75 Å². The van der Waals surface area contributed by atoms with Gasteiger partial charge in [0.25, 0.3) is 0 Å². The number of ether oxygens (including phenoxy) is 3. The van der Waals surface area contributed by atoms with Gasteiger partial charge in [0, 0.05) is 25.7 Å². The van der Waals surface area contributed by atoms with Gasteiger partial charge in [-0.2, -0.15) is 8.78 Å². The first-order chi connectivity index (χ1) is 9.51. The van der Waals surface area contributed by atoms with Gasteiger partial charge in [-0.15, -0.1) is 0 Å². The summed E-state index contributed by atoms with van der Waals surface area (Å²) in [7, 11) is 0. The molecule has 114 valence electrons. The molecule has 1 rings (SSSR count). The molecule has 1 aromatic carbocycles. The van der Waals surface area contributed by atoms with E-state index in [0.29, 0.717) is 13.2 Å². The van der Waals surface area contributed by atoms with Crippen LogP contribution in [0.15, 0.2) is 6.07 Å². The second-order valence-corrected chi connectivity index (χ2v) is 3.77. The van der Waals surface area contributed by atoms with E-state index in [1.54, 1.807) is 13.8 Å². The Balaban J connectivity index is 2.65. The average Bonchev–Trinajstić information content (AvgIpc) is 2.41. The van der Waals surface area contributed by atoms with Gasteiger partial charge < -0.3 is 14.2 Å². The molecule has 1 aromatic rings. The monoisotopic (exact) mass is 296 g/mol. The third-order valence-electron chi connectivity index (χ3n) is 2.38. The van der Waals surface area contributed by atoms with Crippen LogP contribution in [0.1, 0.15) is 20.3 Å². The van der Waals surface area contributed by atoms with Crippen LogP contribution >= 0.6 is 0 Å². The van der Waals surface area contributed by atoms with Crippen LogP contribution in [0.4, 0.5) is 17.6 Å². The first-order valence-electron chi connectivity index (χ1n) is 6.20. The molecule has 0 aromatic heterocycles. The summed E-state index contributed by atoms with van der Waals surface area (Å²) in [6.07, 6.45) is -0.437. The molecule has 0 aliphatic carbocycles. The third kappa shape index (κ3) is 4.35. The minimum atomic E-state index is -1.56. The lowest BCUT2D eigenvalue weighted by Crippen LogP contribution is -2.20. The average molecular weight is 296 g/mol. The van der Waals surface area contributed by atoms with Gasteiger partial charge in [0.1, 0.15) is 0 Å². The molecule has 0 unspecified atom stereocenters. The van der Waals surface area contributed by atoms with Gasteiger partial charge in [-0.1, -0.05) is 0 Å². The van der Waals surface area contributed by atoms with Gasteiger partial charge in [0.2, 0.25) is 11.6 Å². The van der Waals surface area contributed by atoms with E-state index in [9.17, 15) is 17.6 Å². The Morgan fingerprint density at radius 2 is 1.45 bits per heavy atom. The zero-order valence-electron chi connectivity index (χ0n) is 11.2. The summed E-state index contributed by atoms with van der Waals surface area (Å²) < 4.78 is 67.6. The molecule has 0 fully saturated rings. The van der Waals surface area contributed by atoms with Gasteiger partial charge in [0.05, 0.1) is 6.61 Å². The predicted molar refractivity (Wildman–Crippen MR) is 63.4 cm³/mol. The Hall–Kier alpha value is -1.34. The first-order valence-corrected chi connectivity index (χ1v) is 6.20. The highest BCUT2D eigenvalue weighted by Gasteiger charge is 2.21. The van der Waals surface area contributed by atoms with Crippen molar-refractivity contribution in [2.75, 3.05) is 19.8 Å². The summed E-state index contributed by atoms with van der Waals surface area (Å²) in [5, 5.41) is 0. The van der Waals surface area contributed by atoms with Crippen molar-refractivity contribution in [2.24, 2.45) is 0 Å². The largest absolute Gasteiger partial charge is 0.487 e. The van der Waals surface area contributed by atoms with Crippen molar-refractivity contribution in [2.45, 2.75) is 26.6 Å². The van der Waals surface area contributed by atoms with Crippen LogP contribution < -0.4 is 4.74 Å². The summed E-state index contributed by atoms with van der Waals surface area (Å²) in [6, 6.07) is 0.126. The molecule has 0 radical (unpaired) electrons. The van der Waals surface area contributed by atoms with E-state index in [0.717, 1.165) is 0 Å². The molecule has 7 heteroatoms. The smallest absolute Gasteiger partial charge is 0.203 e. The van der Waals surface area contributed by atoms with E-state index in [2.05, 4.69) is 0 Å². The van der Waals surface area contributed by atoms with E-state index < -0.39 is 35.3 Å². The highest BCUT2D eigenvalue weighted by atomic mass is 19.2. The molecule has 0 bridgehead atoms. The van der Waals surface area contributed by atoms with Crippen LogP contribution in [0.5, 0.6) is 5.75 Å². The molecule has 3 nitrogen and oxygen atoms in total. The van der Waals surface area contributed by atoms with Crippen LogP contribution in [-0.2, 0) is 9.47 Å². The van der Waals surface area contributed by atoms with Gasteiger partial charge in [-0.25, -0.2) is 8.78 Å². The van der Waals surface area contributed by atoms with Crippen LogP contribution in [0.25, 0.3) is 0 Å². The summed E-state index contributed by atoms with van der Waals surface area (Å²) in [4.78, 5) is 0. The van der Waals surface area contributed by atoms with E-state index in [1.807, 2.05) is 0 Å². The van der Waals surface area contributed by atoms with E-state index in [1.165, 1.54) is 0 Å². The second-order valence-electron chi connectivity index (χ2n) is 3.77. The molecule has 0 saturated heterocycles. The Bertz CT molecular complexity index is 408. The minimum Gasteiger partial charge on any atom is -0.487 e. The van der Waals surface area contributed by atoms with Crippen molar-refractivity contribution in [3.05, 3.63) is 29.3 Å². The molecule has 0 saturated carbocycles. The molecule has 0 atom stereocenters. The lowest BCUT2D eigenvalue weighted by Gasteiger charge is -2.17. The summed E-state index contributed by atoms with van der Waals surface area (Å²) in [6.45, 7) is 4.09. The number of hydrogen-bond acceptors (Lipinski definition) is 3. The molecule has 0 aliphatic heterocycles. The number of hydrogen-bond donors (Lipinski definition) is 0. The number of benzene rings is 1. The van der Waals surface area contributed by atoms with Gasteiger partial charge in [-0.3, -0.25) is 0 Å². The Kier molecular flexibility index (Phi) is 6.74. The molecule has 0 aliphatic rings. The topological polar surface area (TPSA) is 27.7 Å². The maximum Gasteiger partial charge on any atom is 0.203 e. The molecule has 20 heavy (non-hydrogen) atoms. The van der Waals surface area contributed by atoms with Crippen molar-refractivity contribution < 1.29 is 31.8 Å². The molecular formula is C13H16F4O3. The quantitative estimate of drug-likeness (QED) is 0.418. The first kappa shape index (κ1) is 16.7. The highest BCUT2D eigenvalue weighted by Crippen LogP contribution is 2.26. The highest BCUT2D eigenvalue weighted by molar-refractivity contribution is 5.28. The van der Waals surface area contributed by atoms with Crippen molar-refractivity contribution in [1.82, 2.24) is 0 Å². The lowest BCUT2D eigenvalue weighted by molar-refractivity contribution is -0.143. The number of halogens is 4. The Morgan fingerprint density at radius 1 is 0.950 bits per heavy atom. The fraction of sp³-hybridized carbons (Fsp3) is 0.538. The van der Waals surface area contributed by atoms with Crippen molar-refractivity contribution >= 4 is 0 Å². The van der Waals surface area contributed by atoms with E-state index in [-0.39, 0.29) is 19.1 Å². The van der Waals surface area contributed by atoms with E-state index in [4.69, 9.17) is 14.2 Å². The summed E-state index contributed by atoms with van der Waals surface area (Å²) in [5.74, 6) is -7.22. The van der Waals surface area contributed by atoms with E-state index >= 15 is 0 Å². The van der Waals surface area contributed by atoms with Crippen LogP contribution in [0, 0.1) is 23.3 Å². The normalized spacial score (nSPS) is 11.2. The molecule has 0 heterocycles. The van der Waals surface area contributed by atoms with Gasteiger partial charge in [-0.05, 0) is 13.8 Å². The summed E-state index contributed by atoms with van der Waals surface area (Å²) >= 11 is 0. The Labute approximate surface area is 114 Å². The number of rotatable bonds is 8. The van der Waals surface area contributed by atoms with Crippen molar-refractivity contribution in [3.63, 3.8) is 0 Å². The Morgan fingerprint density at radius 3 is 1.90 bits per heavy atom. The summed E-state index contributed by atoms with van der Waals surface area (Å²) in [5.41, 5.74) is 0. The molecule has 0 spiro atoms. The molecule has 0 amide bonds. The SMILES string of the molecule is CCOC(CCOc1c(F)c(F)cc(F)c1F)OCC. The second kappa shape index (κ2) is 8.06. The fourth-order valence-electron chi connectivity index (χ4n) is 1.52. The van der Waals surface area contributed by atoms with Gasteiger partial charge in [0.15, 0.2) is 23.7 Å².